The molecule has 0 aromatic heterocycles. The van der Waals surface area contributed by atoms with Crippen LogP contribution in [0.1, 0.15) is 5.56 Å². The van der Waals surface area contributed by atoms with E-state index >= 15 is 0 Å². The summed E-state index contributed by atoms with van der Waals surface area (Å²) in [6, 6.07) is 9.31. The maximum atomic E-state index is 9.72. The normalized spacial score (nSPS) is 10.6. The molecule has 1 nitrogen and oxygen atoms in total. The van der Waals surface area contributed by atoms with Crippen LogP contribution in [0, 0.1) is 6.92 Å². The van der Waals surface area contributed by atoms with Crippen LogP contribution in [0.25, 0.3) is 10.8 Å². The fourth-order valence-corrected chi connectivity index (χ4v) is 1.65. The molecule has 0 aliphatic rings. The number of rotatable bonds is 0. The number of benzene rings is 2. The van der Waals surface area contributed by atoms with E-state index in [9.17, 15) is 5.11 Å². The van der Waals surface area contributed by atoms with Gasteiger partial charge in [0.05, 0.1) is 0 Å². The van der Waals surface area contributed by atoms with Gasteiger partial charge in [0.2, 0.25) is 0 Å². The Bertz CT molecular complexity index is 463. The van der Waals surface area contributed by atoms with Gasteiger partial charge < -0.3 is 5.11 Å². The van der Waals surface area contributed by atoms with Crippen LogP contribution < -0.4 is 0 Å². The number of halogens is 1. The van der Waals surface area contributed by atoms with Crippen molar-refractivity contribution in [1.82, 2.24) is 0 Å². The molecular formula is C11H9ClO. The van der Waals surface area contributed by atoms with E-state index < -0.39 is 0 Å². The van der Waals surface area contributed by atoms with Gasteiger partial charge in [0, 0.05) is 15.8 Å². The molecule has 13 heavy (non-hydrogen) atoms. The maximum absolute atomic E-state index is 9.72. The largest absolute Gasteiger partial charge is 0.507 e. The molecule has 2 aromatic carbocycles. The van der Waals surface area contributed by atoms with E-state index in [1.54, 1.807) is 0 Å². The van der Waals surface area contributed by atoms with E-state index in [0.717, 1.165) is 16.3 Å². The van der Waals surface area contributed by atoms with Crippen molar-refractivity contribution in [1.29, 1.82) is 0 Å². The number of phenols is 1. The minimum absolute atomic E-state index is 0.319. The molecule has 0 heterocycles. The molecule has 0 aliphatic heterocycles. The first-order chi connectivity index (χ1) is 6.20. The molecule has 0 atom stereocenters. The predicted molar refractivity (Wildman–Crippen MR) is 55.4 cm³/mol. The molecule has 2 heteroatoms. The van der Waals surface area contributed by atoms with Crippen molar-refractivity contribution in [3.63, 3.8) is 0 Å². The van der Waals surface area contributed by atoms with Gasteiger partial charge in [0.25, 0.3) is 0 Å². The molecule has 66 valence electrons. The highest BCUT2D eigenvalue weighted by molar-refractivity contribution is 6.35. The van der Waals surface area contributed by atoms with Crippen LogP contribution >= 0.6 is 11.6 Å². The van der Waals surface area contributed by atoms with Crippen molar-refractivity contribution in [2.45, 2.75) is 6.92 Å². The van der Waals surface area contributed by atoms with Crippen molar-refractivity contribution in [3.8, 4) is 5.75 Å². The Kier molecular flexibility index (Phi) is 1.89. The van der Waals surface area contributed by atoms with Gasteiger partial charge in [-0.1, -0.05) is 35.9 Å². The van der Waals surface area contributed by atoms with Gasteiger partial charge in [-0.2, -0.15) is 0 Å². The van der Waals surface area contributed by atoms with Gasteiger partial charge in [0.1, 0.15) is 5.75 Å². The minimum Gasteiger partial charge on any atom is -0.507 e. The van der Waals surface area contributed by atoms with Crippen molar-refractivity contribution in [2.24, 2.45) is 0 Å². The van der Waals surface area contributed by atoms with E-state index in [1.807, 2.05) is 37.3 Å². The van der Waals surface area contributed by atoms with Crippen LogP contribution in [0.15, 0.2) is 30.3 Å². The van der Waals surface area contributed by atoms with Gasteiger partial charge in [-0.3, -0.25) is 0 Å². The molecule has 0 amide bonds. The molecule has 1 N–H and O–H groups in total. The zero-order valence-electron chi connectivity index (χ0n) is 7.21. The molecule has 0 aliphatic carbocycles. The van der Waals surface area contributed by atoms with Crippen LogP contribution in [0.5, 0.6) is 5.75 Å². The number of hydrogen-bond acceptors (Lipinski definition) is 1. The van der Waals surface area contributed by atoms with Gasteiger partial charge in [0.15, 0.2) is 0 Å². The Morgan fingerprint density at radius 1 is 1.08 bits per heavy atom. The Labute approximate surface area is 81.6 Å². The SMILES string of the molecule is Cc1ccc2c(Cl)cccc2c1O. The summed E-state index contributed by atoms with van der Waals surface area (Å²) < 4.78 is 0. The second-order valence-corrected chi connectivity index (χ2v) is 3.47. The van der Waals surface area contributed by atoms with Crippen LogP contribution in [0.2, 0.25) is 5.02 Å². The van der Waals surface area contributed by atoms with E-state index in [4.69, 9.17) is 11.6 Å². The Balaban J connectivity index is 2.94. The number of aromatic hydroxyl groups is 1. The van der Waals surface area contributed by atoms with Gasteiger partial charge >= 0.3 is 0 Å². The predicted octanol–water partition coefficient (Wildman–Crippen LogP) is 3.51. The number of fused-ring (bicyclic) bond motifs is 1. The molecule has 0 bridgehead atoms. The lowest BCUT2D eigenvalue weighted by Crippen LogP contribution is -1.79. The highest BCUT2D eigenvalue weighted by atomic mass is 35.5. The number of hydrogen-bond donors (Lipinski definition) is 1. The van der Waals surface area contributed by atoms with Crippen molar-refractivity contribution in [2.75, 3.05) is 0 Å². The second-order valence-electron chi connectivity index (χ2n) is 3.07. The van der Waals surface area contributed by atoms with Crippen molar-refractivity contribution in [3.05, 3.63) is 40.9 Å². The van der Waals surface area contributed by atoms with Crippen LogP contribution in [0.4, 0.5) is 0 Å². The fraction of sp³-hybridized carbons (Fsp3) is 0.0909. The molecule has 0 saturated carbocycles. The molecular weight excluding hydrogens is 184 g/mol. The Morgan fingerprint density at radius 3 is 2.62 bits per heavy atom. The van der Waals surface area contributed by atoms with Crippen LogP contribution in [-0.4, -0.2) is 5.11 Å². The van der Waals surface area contributed by atoms with E-state index in [0.29, 0.717) is 10.8 Å². The maximum Gasteiger partial charge on any atom is 0.126 e. The highest BCUT2D eigenvalue weighted by Gasteiger charge is 2.04. The number of phenolic OH excluding ortho intramolecular Hbond substituents is 1. The van der Waals surface area contributed by atoms with E-state index in [2.05, 4.69) is 0 Å². The third-order valence-corrected chi connectivity index (χ3v) is 2.51. The molecule has 2 rings (SSSR count). The average Bonchev–Trinajstić information content (AvgIpc) is 2.12. The molecule has 2 aromatic rings. The van der Waals surface area contributed by atoms with E-state index in [-0.39, 0.29) is 0 Å². The summed E-state index contributed by atoms with van der Waals surface area (Å²) in [5, 5.41) is 12.1. The zero-order valence-corrected chi connectivity index (χ0v) is 7.97. The summed E-state index contributed by atoms with van der Waals surface area (Å²) in [5.41, 5.74) is 0.870. The highest BCUT2D eigenvalue weighted by Crippen LogP contribution is 2.31. The fourth-order valence-electron chi connectivity index (χ4n) is 1.41. The first-order valence-corrected chi connectivity index (χ1v) is 4.45. The van der Waals surface area contributed by atoms with E-state index in [1.165, 1.54) is 0 Å². The molecule has 0 unspecified atom stereocenters. The minimum atomic E-state index is 0.319. The first kappa shape index (κ1) is 8.39. The first-order valence-electron chi connectivity index (χ1n) is 4.07. The molecule has 0 radical (unpaired) electrons. The van der Waals surface area contributed by atoms with Crippen LogP contribution in [-0.2, 0) is 0 Å². The summed E-state index contributed by atoms with van der Waals surface area (Å²) in [5.74, 6) is 0.319. The Hall–Kier alpha value is -1.21. The Morgan fingerprint density at radius 2 is 1.85 bits per heavy atom. The average molecular weight is 193 g/mol. The third kappa shape index (κ3) is 1.25. The monoisotopic (exact) mass is 192 g/mol. The lowest BCUT2D eigenvalue weighted by atomic mass is 10.1. The third-order valence-electron chi connectivity index (χ3n) is 2.18. The van der Waals surface area contributed by atoms with Crippen LogP contribution in [0.3, 0.4) is 0 Å². The van der Waals surface area contributed by atoms with Gasteiger partial charge in [-0.25, -0.2) is 0 Å². The van der Waals surface area contributed by atoms with Gasteiger partial charge in [-0.15, -0.1) is 0 Å². The molecule has 0 spiro atoms. The van der Waals surface area contributed by atoms with Crippen molar-refractivity contribution < 1.29 is 5.11 Å². The standard InChI is InChI=1S/C11H9ClO/c1-7-5-6-8-9(11(7)13)3-2-4-10(8)12/h2-6,13H,1H3. The topological polar surface area (TPSA) is 20.2 Å². The zero-order chi connectivity index (χ0) is 9.42. The summed E-state index contributed by atoms with van der Waals surface area (Å²) in [6.07, 6.45) is 0. The smallest absolute Gasteiger partial charge is 0.126 e. The summed E-state index contributed by atoms with van der Waals surface area (Å²) in [4.78, 5) is 0. The summed E-state index contributed by atoms with van der Waals surface area (Å²) in [7, 11) is 0. The lowest BCUT2D eigenvalue weighted by Gasteiger charge is -2.04. The lowest BCUT2D eigenvalue weighted by molar-refractivity contribution is 0.477. The summed E-state index contributed by atoms with van der Waals surface area (Å²) in [6.45, 7) is 1.87. The summed E-state index contributed by atoms with van der Waals surface area (Å²) >= 11 is 5.97. The molecule has 0 saturated heterocycles. The quantitative estimate of drug-likeness (QED) is 0.677. The molecule has 0 fully saturated rings. The second kappa shape index (κ2) is 2.93. The van der Waals surface area contributed by atoms with Gasteiger partial charge in [-0.05, 0) is 18.6 Å². The number of aryl methyl sites for hydroxylation is 1. The van der Waals surface area contributed by atoms with Crippen molar-refractivity contribution >= 4 is 22.4 Å².